The first kappa shape index (κ1) is 12.9. The highest BCUT2D eigenvalue weighted by atomic mass is 35.5. The number of rotatable bonds is 3. The maximum absolute atomic E-state index is 8.89. The molecule has 2 aromatic carbocycles. The fourth-order valence-electron chi connectivity index (χ4n) is 1.52. The molecule has 0 aliphatic rings. The molecule has 0 spiro atoms. The molecule has 0 fully saturated rings. The first-order valence-electron chi connectivity index (χ1n) is 5.39. The third-order valence-electron chi connectivity index (χ3n) is 2.39. The predicted molar refractivity (Wildman–Crippen MR) is 71.9 cm³/mol. The van der Waals surface area contributed by atoms with E-state index in [1.165, 1.54) is 0 Å². The van der Waals surface area contributed by atoms with Crippen molar-refractivity contribution in [3.63, 3.8) is 0 Å². The van der Waals surface area contributed by atoms with E-state index in [-0.39, 0.29) is 5.71 Å². The zero-order chi connectivity index (χ0) is 13.7. The van der Waals surface area contributed by atoms with Crippen molar-refractivity contribution in [1.82, 2.24) is 0 Å². The topological polar surface area (TPSA) is 65.6 Å². The molecule has 5 heteroatoms. The third kappa shape index (κ3) is 3.03. The van der Waals surface area contributed by atoms with Gasteiger partial charge in [-0.15, -0.1) is 0 Å². The van der Waals surface area contributed by atoms with E-state index in [4.69, 9.17) is 26.8 Å². The highest BCUT2D eigenvalue weighted by Gasteiger charge is 2.10. The lowest BCUT2D eigenvalue weighted by atomic mass is 10.1. The normalized spacial score (nSPS) is 10.8. The van der Waals surface area contributed by atoms with Crippen molar-refractivity contribution < 1.29 is 9.94 Å². The van der Waals surface area contributed by atoms with Crippen LogP contribution in [0, 0.1) is 11.3 Å². The van der Waals surface area contributed by atoms with E-state index in [0.29, 0.717) is 22.1 Å². The Morgan fingerprint density at radius 2 is 1.84 bits per heavy atom. The molecule has 0 amide bonds. The predicted octanol–water partition coefficient (Wildman–Crippen LogP) is 3.83. The van der Waals surface area contributed by atoms with Gasteiger partial charge in [-0.1, -0.05) is 28.9 Å². The number of benzene rings is 2. The molecule has 4 nitrogen and oxygen atoms in total. The van der Waals surface area contributed by atoms with Gasteiger partial charge in [-0.2, -0.15) is 5.26 Å². The first-order chi connectivity index (χ1) is 9.24. The van der Waals surface area contributed by atoms with Crippen LogP contribution in [-0.2, 0) is 0 Å². The highest BCUT2D eigenvalue weighted by molar-refractivity contribution is 6.30. The number of hydrogen-bond donors (Lipinski definition) is 1. The van der Waals surface area contributed by atoms with Gasteiger partial charge in [-0.3, -0.25) is 0 Å². The molecular weight excluding hydrogens is 264 g/mol. The number of nitriles is 1. The van der Waals surface area contributed by atoms with Crippen molar-refractivity contribution in [2.45, 2.75) is 0 Å². The molecule has 1 N–H and O–H groups in total. The Balaban J connectivity index is 2.36. The van der Waals surface area contributed by atoms with E-state index in [1.807, 2.05) is 0 Å². The van der Waals surface area contributed by atoms with E-state index < -0.39 is 0 Å². The summed E-state index contributed by atoms with van der Waals surface area (Å²) in [6.07, 6.45) is 0. The van der Waals surface area contributed by atoms with Gasteiger partial charge >= 0.3 is 0 Å². The Hall–Kier alpha value is -2.51. The summed E-state index contributed by atoms with van der Waals surface area (Å²) in [6.45, 7) is 0. The molecule has 0 saturated carbocycles. The van der Waals surface area contributed by atoms with Gasteiger partial charge < -0.3 is 9.94 Å². The molecular formula is C14H9ClN2O2. The number of nitrogens with zero attached hydrogens (tertiary/aromatic N) is 2. The Morgan fingerprint density at radius 1 is 1.16 bits per heavy atom. The smallest absolute Gasteiger partial charge is 0.190 e. The lowest BCUT2D eigenvalue weighted by Gasteiger charge is -2.09. The molecule has 2 aromatic rings. The van der Waals surface area contributed by atoms with Gasteiger partial charge in [-0.25, -0.2) is 0 Å². The molecule has 0 aliphatic carbocycles. The van der Waals surface area contributed by atoms with E-state index in [9.17, 15) is 0 Å². The molecule has 0 aliphatic heterocycles. The fourth-order valence-corrected chi connectivity index (χ4v) is 1.64. The lowest BCUT2D eigenvalue weighted by Crippen LogP contribution is -2.00. The van der Waals surface area contributed by atoms with Gasteiger partial charge in [0.2, 0.25) is 0 Å². The van der Waals surface area contributed by atoms with Gasteiger partial charge in [0.15, 0.2) is 5.71 Å². The van der Waals surface area contributed by atoms with Gasteiger partial charge in [0, 0.05) is 5.02 Å². The highest BCUT2D eigenvalue weighted by Crippen LogP contribution is 2.26. The average molecular weight is 273 g/mol. The largest absolute Gasteiger partial charge is 0.457 e. The van der Waals surface area contributed by atoms with Crippen LogP contribution in [0.25, 0.3) is 0 Å². The molecule has 0 saturated heterocycles. The second-order valence-corrected chi connectivity index (χ2v) is 4.05. The van der Waals surface area contributed by atoms with E-state index >= 15 is 0 Å². The summed E-state index contributed by atoms with van der Waals surface area (Å²) >= 11 is 5.79. The van der Waals surface area contributed by atoms with Crippen molar-refractivity contribution in [2.75, 3.05) is 0 Å². The second kappa shape index (κ2) is 5.89. The van der Waals surface area contributed by atoms with Crippen LogP contribution in [0.2, 0.25) is 5.02 Å². The summed E-state index contributed by atoms with van der Waals surface area (Å²) in [4.78, 5) is 0. The molecule has 2 rings (SSSR count). The minimum absolute atomic E-state index is 0.107. The van der Waals surface area contributed by atoms with Gasteiger partial charge in [-0.05, 0) is 36.4 Å². The van der Waals surface area contributed by atoms with Gasteiger partial charge in [0.25, 0.3) is 0 Å². The maximum Gasteiger partial charge on any atom is 0.190 e. The zero-order valence-corrected chi connectivity index (χ0v) is 10.5. The minimum Gasteiger partial charge on any atom is -0.457 e. The van der Waals surface area contributed by atoms with Crippen LogP contribution < -0.4 is 4.74 Å². The van der Waals surface area contributed by atoms with E-state index in [1.54, 1.807) is 54.6 Å². The van der Waals surface area contributed by atoms with Crippen molar-refractivity contribution in [3.05, 3.63) is 59.1 Å². The van der Waals surface area contributed by atoms with E-state index in [2.05, 4.69) is 5.16 Å². The maximum atomic E-state index is 8.89. The Labute approximate surface area is 115 Å². The molecule has 19 heavy (non-hydrogen) atoms. The Morgan fingerprint density at radius 3 is 2.47 bits per heavy atom. The Bertz CT molecular complexity index is 645. The summed E-state index contributed by atoms with van der Waals surface area (Å²) < 4.78 is 5.65. The third-order valence-corrected chi connectivity index (χ3v) is 2.64. The fraction of sp³-hybridized carbons (Fsp3) is 0. The molecule has 94 valence electrons. The standard InChI is InChI=1S/C14H9ClN2O2/c15-10-5-7-11(8-6-10)19-14-4-2-1-3-12(14)13(9-16)17-18/h1-8,18H. The average Bonchev–Trinajstić information content (AvgIpc) is 2.44. The molecule has 0 aromatic heterocycles. The van der Waals surface area contributed by atoms with Crippen molar-refractivity contribution >= 4 is 17.3 Å². The lowest BCUT2D eigenvalue weighted by molar-refractivity contribution is 0.320. The first-order valence-corrected chi connectivity index (χ1v) is 5.77. The van der Waals surface area contributed by atoms with Crippen LogP contribution in [0.5, 0.6) is 11.5 Å². The zero-order valence-electron chi connectivity index (χ0n) is 9.75. The Kier molecular flexibility index (Phi) is 4.01. The van der Waals surface area contributed by atoms with Crippen molar-refractivity contribution in [1.29, 1.82) is 5.26 Å². The quantitative estimate of drug-likeness (QED) is 0.524. The van der Waals surface area contributed by atoms with Crippen molar-refractivity contribution in [3.8, 4) is 17.6 Å². The number of halogens is 1. The SMILES string of the molecule is N#CC(=NO)c1ccccc1Oc1ccc(Cl)cc1. The van der Waals surface area contributed by atoms with Crippen LogP contribution in [-0.4, -0.2) is 10.9 Å². The number of oxime groups is 1. The van der Waals surface area contributed by atoms with Crippen LogP contribution in [0.15, 0.2) is 53.7 Å². The van der Waals surface area contributed by atoms with Crippen molar-refractivity contribution in [2.24, 2.45) is 5.16 Å². The summed E-state index contributed by atoms with van der Waals surface area (Å²) in [6, 6.07) is 15.4. The molecule has 0 heterocycles. The van der Waals surface area contributed by atoms with Crippen LogP contribution >= 0.6 is 11.6 Å². The van der Waals surface area contributed by atoms with E-state index in [0.717, 1.165) is 0 Å². The minimum atomic E-state index is -0.107. The second-order valence-electron chi connectivity index (χ2n) is 3.61. The number of ether oxygens (including phenoxy) is 1. The van der Waals surface area contributed by atoms with Gasteiger partial charge in [0.05, 0.1) is 5.56 Å². The summed E-state index contributed by atoms with van der Waals surface area (Å²) in [7, 11) is 0. The number of para-hydroxylation sites is 1. The number of hydrogen-bond acceptors (Lipinski definition) is 4. The molecule has 0 atom stereocenters. The molecule has 0 unspecified atom stereocenters. The molecule has 0 bridgehead atoms. The van der Waals surface area contributed by atoms with Crippen LogP contribution in [0.1, 0.15) is 5.56 Å². The summed E-state index contributed by atoms with van der Waals surface area (Å²) in [5.41, 5.74) is 0.312. The van der Waals surface area contributed by atoms with Crippen LogP contribution in [0.4, 0.5) is 0 Å². The monoisotopic (exact) mass is 272 g/mol. The van der Waals surface area contributed by atoms with Crippen LogP contribution in [0.3, 0.4) is 0 Å². The molecule has 0 radical (unpaired) electrons. The summed E-state index contributed by atoms with van der Waals surface area (Å²) in [5.74, 6) is 1.01. The van der Waals surface area contributed by atoms with Gasteiger partial charge in [0.1, 0.15) is 17.6 Å². The summed E-state index contributed by atoms with van der Waals surface area (Å²) in [5, 5.41) is 21.2.